The molecule has 1 atom stereocenters. The third kappa shape index (κ3) is 3.01. The van der Waals surface area contributed by atoms with Gasteiger partial charge in [0.05, 0.1) is 0 Å². The van der Waals surface area contributed by atoms with Crippen LogP contribution in [0, 0.1) is 0 Å². The number of rotatable bonds is 1. The smallest absolute Gasteiger partial charge is 0.227 e. The minimum atomic E-state index is -1.83. The fraction of sp³-hybridized carbons (Fsp3) is 0.889. The fourth-order valence-electron chi connectivity index (χ4n) is 1.54. The minimum Gasteiger partial charge on any atom is -0.332 e. The highest BCUT2D eigenvalue weighted by Crippen LogP contribution is 2.51. The summed E-state index contributed by atoms with van der Waals surface area (Å²) in [5.41, 5.74) is -0.246. The van der Waals surface area contributed by atoms with Gasteiger partial charge in [-0.15, -0.1) is 0 Å². The van der Waals surface area contributed by atoms with Crippen molar-refractivity contribution in [2.45, 2.75) is 40.6 Å². The first kappa shape index (κ1) is 15.8. The lowest BCUT2D eigenvalue weighted by molar-refractivity contribution is 0.0816. The summed E-state index contributed by atoms with van der Waals surface area (Å²) in [7, 11) is 1.73. The highest BCUT2D eigenvalue weighted by Gasteiger charge is 2.58. The van der Waals surface area contributed by atoms with E-state index in [1.54, 1.807) is 18.4 Å². The molecule has 0 aromatic rings. The van der Waals surface area contributed by atoms with Gasteiger partial charge in [0.25, 0.3) is 0 Å². The molecule has 0 saturated heterocycles. The average Bonchev–Trinajstić information content (AvgIpc) is 2.44. The van der Waals surface area contributed by atoms with Crippen LogP contribution < -0.4 is 0 Å². The van der Waals surface area contributed by atoms with Crippen molar-refractivity contribution >= 4 is 64.3 Å². The lowest BCUT2D eigenvalue weighted by Gasteiger charge is -2.45. The van der Waals surface area contributed by atoms with Crippen molar-refractivity contribution in [2.24, 2.45) is 5.10 Å². The third-order valence-corrected chi connectivity index (χ3v) is 4.88. The van der Waals surface area contributed by atoms with Gasteiger partial charge in [-0.25, -0.2) is 0 Å². The number of halogens is 5. The van der Waals surface area contributed by atoms with E-state index in [4.69, 9.17) is 58.0 Å². The normalized spacial score (nSPS) is 22.5. The Morgan fingerprint density at radius 2 is 1.53 bits per heavy atom. The summed E-state index contributed by atoms with van der Waals surface area (Å²) < 4.78 is -3.44. The second kappa shape index (κ2) is 4.68. The van der Waals surface area contributed by atoms with Crippen molar-refractivity contribution in [1.82, 2.24) is 9.91 Å². The Morgan fingerprint density at radius 3 is 1.88 bits per heavy atom. The van der Waals surface area contributed by atoms with Gasteiger partial charge in [0.15, 0.2) is 6.17 Å². The van der Waals surface area contributed by atoms with Gasteiger partial charge in [-0.05, 0) is 20.8 Å². The summed E-state index contributed by atoms with van der Waals surface area (Å²) in [6, 6.07) is 0. The maximum absolute atomic E-state index is 6.22. The molecule has 1 unspecified atom stereocenters. The van der Waals surface area contributed by atoms with E-state index in [0.29, 0.717) is 0 Å². The van der Waals surface area contributed by atoms with Crippen molar-refractivity contribution in [3.63, 3.8) is 0 Å². The van der Waals surface area contributed by atoms with Crippen LogP contribution >= 0.6 is 58.0 Å². The third-order valence-electron chi connectivity index (χ3n) is 2.45. The van der Waals surface area contributed by atoms with E-state index in [9.17, 15) is 0 Å². The Hall–Kier alpha value is 0.720. The van der Waals surface area contributed by atoms with Gasteiger partial charge in [-0.1, -0.05) is 58.0 Å². The zero-order chi connectivity index (χ0) is 13.6. The molecule has 0 aliphatic carbocycles. The summed E-state index contributed by atoms with van der Waals surface area (Å²) in [5, 5.41) is 5.71. The van der Waals surface area contributed by atoms with Gasteiger partial charge in [0.1, 0.15) is 6.34 Å². The highest BCUT2D eigenvalue weighted by atomic mass is 35.6. The molecule has 1 aliphatic rings. The largest absolute Gasteiger partial charge is 0.332 e. The van der Waals surface area contributed by atoms with Crippen LogP contribution in [-0.2, 0) is 0 Å². The molecule has 0 aromatic carbocycles. The maximum Gasteiger partial charge on any atom is 0.227 e. The SMILES string of the molecule is CN1N=CN(C(C)(C)C)C1C(Cl)(Cl)C(Cl)(Cl)Cl. The molecule has 1 heterocycles. The van der Waals surface area contributed by atoms with Crippen molar-refractivity contribution in [3.05, 3.63) is 0 Å². The molecule has 17 heavy (non-hydrogen) atoms. The van der Waals surface area contributed by atoms with E-state index in [1.807, 2.05) is 25.7 Å². The second-order valence-electron chi connectivity index (χ2n) is 4.88. The predicted molar refractivity (Wildman–Crippen MR) is 76.4 cm³/mol. The van der Waals surface area contributed by atoms with E-state index < -0.39 is 14.3 Å². The summed E-state index contributed by atoms with van der Waals surface area (Å²) >= 11 is 30.0. The molecule has 0 N–H and O–H groups in total. The van der Waals surface area contributed by atoms with Crippen LogP contribution in [0.3, 0.4) is 0 Å². The van der Waals surface area contributed by atoms with Crippen molar-refractivity contribution < 1.29 is 0 Å². The Kier molecular flexibility index (Phi) is 4.34. The molecule has 0 radical (unpaired) electrons. The Balaban J connectivity index is 3.11. The Morgan fingerprint density at radius 1 is 1.06 bits per heavy atom. The van der Waals surface area contributed by atoms with Gasteiger partial charge in [-0.2, -0.15) is 5.10 Å². The Bertz CT molecular complexity index is 318. The lowest BCUT2D eigenvalue weighted by Crippen LogP contribution is -2.60. The van der Waals surface area contributed by atoms with Gasteiger partial charge in [0, 0.05) is 12.6 Å². The second-order valence-corrected chi connectivity index (χ2v) is 8.54. The van der Waals surface area contributed by atoms with Gasteiger partial charge in [-0.3, -0.25) is 5.01 Å². The lowest BCUT2D eigenvalue weighted by atomic mass is 10.1. The molecule has 0 saturated carbocycles. The summed E-state index contributed by atoms with van der Waals surface area (Å²) in [5.74, 6) is 0. The van der Waals surface area contributed by atoms with E-state index in [1.165, 1.54) is 0 Å². The molecule has 100 valence electrons. The number of nitrogens with zero attached hydrogens (tertiary/aromatic N) is 3. The molecule has 0 amide bonds. The van der Waals surface area contributed by atoms with Crippen LogP contribution in [0.5, 0.6) is 0 Å². The topological polar surface area (TPSA) is 18.8 Å². The number of alkyl halides is 5. The minimum absolute atomic E-state index is 0.246. The number of hydrogen-bond acceptors (Lipinski definition) is 3. The van der Waals surface area contributed by atoms with Crippen LogP contribution in [0.1, 0.15) is 20.8 Å². The monoisotopic (exact) mass is 339 g/mol. The van der Waals surface area contributed by atoms with Crippen LogP contribution in [0.2, 0.25) is 0 Å². The molecule has 0 aromatic heterocycles. The molecule has 8 heteroatoms. The van der Waals surface area contributed by atoms with Crippen molar-refractivity contribution in [2.75, 3.05) is 7.05 Å². The van der Waals surface area contributed by atoms with E-state index >= 15 is 0 Å². The van der Waals surface area contributed by atoms with Crippen LogP contribution in [0.25, 0.3) is 0 Å². The van der Waals surface area contributed by atoms with Crippen LogP contribution in [0.4, 0.5) is 0 Å². The molecular formula is C9H14Cl5N3. The number of hydrazone groups is 1. The highest BCUT2D eigenvalue weighted by molar-refractivity contribution is 6.75. The van der Waals surface area contributed by atoms with Gasteiger partial charge in [0.2, 0.25) is 8.13 Å². The predicted octanol–water partition coefficient (Wildman–Crippen LogP) is 3.85. The first-order valence-corrected chi connectivity index (χ1v) is 6.78. The van der Waals surface area contributed by atoms with Crippen molar-refractivity contribution in [1.29, 1.82) is 0 Å². The number of hydrogen-bond donors (Lipinski definition) is 0. The quantitative estimate of drug-likeness (QED) is 0.675. The van der Waals surface area contributed by atoms with Gasteiger partial charge >= 0.3 is 0 Å². The molecule has 0 fully saturated rings. The Labute approximate surface area is 127 Å². The summed E-state index contributed by atoms with van der Waals surface area (Å²) in [6.07, 6.45) is 1.08. The fourth-order valence-corrected chi connectivity index (χ4v) is 2.32. The zero-order valence-electron chi connectivity index (χ0n) is 9.89. The van der Waals surface area contributed by atoms with Crippen LogP contribution in [-0.4, -0.2) is 43.1 Å². The molecule has 0 spiro atoms. The summed E-state index contributed by atoms with van der Waals surface area (Å²) in [4.78, 5) is 1.86. The molecular weight excluding hydrogens is 327 g/mol. The van der Waals surface area contributed by atoms with E-state index in [2.05, 4.69) is 5.10 Å². The zero-order valence-corrected chi connectivity index (χ0v) is 13.7. The average molecular weight is 341 g/mol. The van der Waals surface area contributed by atoms with Crippen molar-refractivity contribution in [3.8, 4) is 0 Å². The maximum atomic E-state index is 6.22. The molecule has 1 aliphatic heterocycles. The molecule has 0 bridgehead atoms. The molecule has 1 rings (SSSR count). The van der Waals surface area contributed by atoms with Gasteiger partial charge < -0.3 is 4.90 Å². The summed E-state index contributed by atoms with van der Waals surface area (Å²) in [6.45, 7) is 5.98. The van der Waals surface area contributed by atoms with Crippen LogP contribution in [0.15, 0.2) is 5.10 Å². The molecule has 3 nitrogen and oxygen atoms in total. The first-order chi connectivity index (χ1) is 7.39. The first-order valence-electron chi connectivity index (χ1n) is 4.89. The van der Waals surface area contributed by atoms with E-state index in [-0.39, 0.29) is 5.54 Å². The standard InChI is InChI=1S/C9H14Cl5N3/c1-7(2,3)17-5-15-16(4)6(17)8(10,11)9(12,13)14/h5-6H,1-4H3. The van der Waals surface area contributed by atoms with E-state index in [0.717, 1.165) is 0 Å².